The minimum atomic E-state index is -0.388. The first-order valence-electron chi connectivity index (χ1n) is 9.15. The van der Waals surface area contributed by atoms with Gasteiger partial charge in [0.15, 0.2) is 5.66 Å². The number of rotatable bonds is 9. The highest BCUT2D eigenvalue weighted by molar-refractivity contribution is 5.76. The van der Waals surface area contributed by atoms with Gasteiger partial charge in [-0.15, -0.1) is 12.3 Å². The molecule has 1 fully saturated rings. The third kappa shape index (κ3) is 5.14. The van der Waals surface area contributed by atoms with Crippen molar-refractivity contribution >= 4 is 5.91 Å². The summed E-state index contributed by atoms with van der Waals surface area (Å²) in [6, 6.07) is 10.2. The van der Waals surface area contributed by atoms with Crippen molar-refractivity contribution in [3.63, 3.8) is 0 Å². The Balaban J connectivity index is 1.54. The maximum Gasteiger partial charge on any atom is 0.220 e. The van der Waals surface area contributed by atoms with E-state index < -0.39 is 0 Å². The fraction of sp³-hybridized carbons (Fsp3) is 0.550. The minimum Gasteiger partial charge on any atom is -0.348 e. The van der Waals surface area contributed by atoms with Gasteiger partial charge in [-0.3, -0.25) is 4.79 Å². The second-order valence-electron chi connectivity index (χ2n) is 6.93. The van der Waals surface area contributed by atoms with Crippen LogP contribution in [-0.2, 0) is 4.79 Å². The van der Waals surface area contributed by atoms with Crippen LogP contribution < -0.4 is 5.32 Å². The number of terminal acetylenes is 1. The number of amides is 1. The normalized spacial score (nSPS) is 19.3. The Hall–Kier alpha value is -2.19. The number of carbonyl (C=O) groups excluding carboxylic acids is 1. The van der Waals surface area contributed by atoms with E-state index in [1.54, 1.807) is 0 Å². The maximum absolute atomic E-state index is 12.5. The highest BCUT2D eigenvalue weighted by Crippen LogP contribution is 2.37. The quantitative estimate of drug-likeness (QED) is 0.702. The summed E-state index contributed by atoms with van der Waals surface area (Å²) in [4.78, 5) is 14.9. The van der Waals surface area contributed by atoms with Crippen LogP contribution in [0.2, 0.25) is 0 Å². The SMILES string of the molecule is C#CCCC1(CCC(=O)NC(CN2CCCC2)c2ccccc2)N=N1. The zero-order chi connectivity index (χ0) is 17.5. The van der Waals surface area contributed by atoms with Crippen LogP contribution in [0.1, 0.15) is 50.1 Å². The lowest BCUT2D eigenvalue weighted by Crippen LogP contribution is -2.37. The molecule has 0 aliphatic carbocycles. The van der Waals surface area contributed by atoms with Gasteiger partial charge in [0, 0.05) is 32.2 Å². The van der Waals surface area contributed by atoms with Crippen molar-refractivity contribution < 1.29 is 4.79 Å². The maximum atomic E-state index is 12.5. The third-order valence-electron chi connectivity index (χ3n) is 4.98. The Labute approximate surface area is 149 Å². The van der Waals surface area contributed by atoms with Gasteiger partial charge in [-0.2, -0.15) is 10.2 Å². The van der Waals surface area contributed by atoms with Crippen LogP contribution in [0.15, 0.2) is 40.6 Å². The van der Waals surface area contributed by atoms with E-state index in [2.05, 4.69) is 38.5 Å². The van der Waals surface area contributed by atoms with Crippen molar-refractivity contribution in [1.29, 1.82) is 0 Å². The molecule has 1 N–H and O–H groups in total. The second kappa shape index (κ2) is 8.26. The molecule has 25 heavy (non-hydrogen) atoms. The second-order valence-corrected chi connectivity index (χ2v) is 6.93. The Morgan fingerprint density at radius 2 is 1.96 bits per heavy atom. The summed E-state index contributed by atoms with van der Waals surface area (Å²) in [6.07, 6.45) is 10.3. The van der Waals surface area contributed by atoms with Gasteiger partial charge in [0.05, 0.1) is 6.04 Å². The number of likely N-dealkylation sites (tertiary alicyclic amines) is 1. The van der Waals surface area contributed by atoms with Gasteiger partial charge in [-0.1, -0.05) is 30.3 Å². The third-order valence-corrected chi connectivity index (χ3v) is 4.98. The van der Waals surface area contributed by atoms with Crippen LogP contribution in [0.4, 0.5) is 0 Å². The van der Waals surface area contributed by atoms with Gasteiger partial charge >= 0.3 is 0 Å². The van der Waals surface area contributed by atoms with Crippen LogP contribution >= 0.6 is 0 Å². The molecule has 132 valence electrons. The molecule has 3 rings (SSSR count). The van der Waals surface area contributed by atoms with Gasteiger partial charge in [0.1, 0.15) is 0 Å². The molecule has 2 heterocycles. The van der Waals surface area contributed by atoms with E-state index in [1.165, 1.54) is 12.8 Å². The summed E-state index contributed by atoms with van der Waals surface area (Å²) in [5.41, 5.74) is 0.770. The monoisotopic (exact) mass is 338 g/mol. The van der Waals surface area contributed by atoms with Crippen LogP contribution in [0.25, 0.3) is 0 Å². The largest absolute Gasteiger partial charge is 0.348 e. The lowest BCUT2D eigenvalue weighted by molar-refractivity contribution is -0.122. The lowest BCUT2D eigenvalue weighted by atomic mass is 10.0. The van der Waals surface area contributed by atoms with E-state index in [-0.39, 0.29) is 17.6 Å². The van der Waals surface area contributed by atoms with Crippen LogP contribution in [0.5, 0.6) is 0 Å². The summed E-state index contributed by atoms with van der Waals surface area (Å²) in [5, 5.41) is 11.4. The summed E-state index contributed by atoms with van der Waals surface area (Å²) >= 11 is 0. The molecule has 5 nitrogen and oxygen atoms in total. The van der Waals surface area contributed by atoms with Crippen molar-refractivity contribution in [3.05, 3.63) is 35.9 Å². The Morgan fingerprint density at radius 1 is 1.24 bits per heavy atom. The molecule has 1 amide bonds. The van der Waals surface area contributed by atoms with Crippen molar-refractivity contribution in [2.24, 2.45) is 10.2 Å². The van der Waals surface area contributed by atoms with E-state index >= 15 is 0 Å². The molecule has 1 atom stereocenters. The van der Waals surface area contributed by atoms with E-state index in [0.717, 1.165) is 31.6 Å². The molecule has 2 aliphatic heterocycles. The Kier molecular flexibility index (Phi) is 5.83. The molecule has 1 aromatic carbocycles. The summed E-state index contributed by atoms with van der Waals surface area (Å²) in [7, 11) is 0. The summed E-state index contributed by atoms with van der Waals surface area (Å²) < 4.78 is 0. The van der Waals surface area contributed by atoms with E-state index in [0.29, 0.717) is 19.3 Å². The molecule has 0 aromatic heterocycles. The topological polar surface area (TPSA) is 57.1 Å². The van der Waals surface area contributed by atoms with Crippen molar-refractivity contribution in [3.8, 4) is 12.3 Å². The molecule has 2 aliphatic rings. The average Bonchev–Trinajstić information content (AvgIpc) is 3.23. The van der Waals surface area contributed by atoms with Gasteiger partial charge in [-0.05, 0) is 31.5 Å². The smallest absolute Gasteiger partial charge is 0.220 e. The molecule has 1 unspecified atom stereocenters. The molecular weight excluding hydrogens is 312 g/mol. The van der Waals surface area contributed by atoms with Crippen LogP contribution in [-0.4, -0.2) is 36.1 Å². The van der Waals surface area contributed by atoms with E-state index in [1.807, 2.05) is 18.2 Å². The van der Waals surface area contributed by atoms with E-state index in [9.17, 15) is 4.79 Å². The zero-order valence-electron chi connectivity index (χ0n) is 14.7. The summed E-state index contributed by atoms with van der Waals surface area (Å²) in [5.74, 6) is 2.68. The van der Waals surface area contributed by atoms with Crippen molar-refractivity contribution in [1.82, 2.24) is 10.2 Å². The molecule has 0 spiro atoms. The molecular formula is C20H26N4O. The predicted octanol–water partition coefficient (Wildman–Crippen LogP) is 3.30. The van der Waals surface area contributed by atoms with Gasteiger partial charge < -0.3 is 10.2 Å². The van der Waals surface area contributed by atoms with Gasteiger partial charge in [-0.25, -0.2) is 0 Å². The number of hydrogen-bond acceptors (Lipinski definition) is 4. The number of carbonyl (C=O) groups is 1. The van der Waals surface area contributed by atoms with Gasteiger partial charge in [0.2, 0.25) is 5.91 Å². The highest BCUT2D eigenvalue weighted by Gasteiger charge is 2.39. The van der Waals surface area contributed by atoms with Crippen molar-refractivity contribution in [2.45, 2.75) is 50.2 Å². The Morgan fingerprint density at radius 3 is 2.60 bits per heavy atom. The van der Waals surface area contributed by atoms with Crippen molar-refractivity contribution in [2.75, 3.05) is 19.6 Å². The van der Waals surface area contributed by atoms with Crippen LogP contribution in [0.3, 0.4) is 0 Å². The molecule has 1 aromatic rings. The van der Waals surface area contributed by atoms with Gasteiger partial charge in [0.25, 0.3) is 0 Å². The van der Waals surface area contributed by atoms with Crippen LogP contribution in [0, 0.1) is 12.3 Å². The average molecular weight is 338 g/mol. The standard InChI is InChI=1S/C20H26N4O/c1-2-3-12-20(22-23-20)13-11-19(25)21-18(16-24-14-7-8-15-24)17-9-5-4-6-10-17/h1,4-6,9-10,18H,3,7-8,11-16H2,(H,21,25). The number of nitrogens with one attached hydrogen (secondary N) is 1. The number of hydrogen-bond donors (Lipinski definition) is 1. The molecule has 0 radical (unpaired) electrons. The minimum absolute atomic E-state index is 0.0292. The zero-order valence-corrected chi connectivity index (χ0v) is 14.7. The highest BCUT2D eigenvalue weighted by atomic mass is 16.1. The van der Waals surface area contributed by atoms with E-state index in [4.69, 9.17) is 6.42 Å². The first kappa shape index (κ1) is 17.6. The fourth-order valence-electron chi connectivity index (χ4n) is 3.39. The first-order valence-corrected chi connectivity index (χ1v) is 9.15. The molecule has 0 bridgehead atoms. The predicted molar refractivity (Wildman–Crippen MR) is 97.9 cm³/mol. The Bertz CT molecular complexity index is 637. The molecule has 5 heteroatoms. The summed E-state index contributed by atoms with van der Waals surface area (Å²) in [6.45, 7) is 3.10. The first-order chi connectivity index (χ1) is 12.2. The lowest BCUT2D eigenvalue weighted by Gasteiger charge is -2.25. The number of nitrogens with zero attached hydrogens (tertiary/aromatic N) is 3. The fourth-order valence-corrected chi connectivity index (χ4v) is 3.39. The molecule has 1 saturated heterocycles. The molecule has 0 saturated carbocycles. The number of benzene rings is 1.